The number of hydrogen-bond donors (Lipinski definition) is 3. The number of ether oxygens (including phenoxy) is 2. The number of hydrogen-bond acceptors (Lipinski definition) is 5. The molecule has 1 aromatic heterocycles. The van der Waals surface area contributed by atoms with E-state index in [9.17, 15) is 4.79 Å². The summed E-state index contributed by atoms with van der Waals surface area (Å²) >= 11 is 0. The van der Waals surface area contributed by atoms with Crippen molar-refractivity contribution in [1.29, 1.82) is 0 Å². The van der Waals surface area contributed by atoms with Crippen molar-refractivity contribution in [3.8, 4) is 0 Å². The van der Waals surface area contributed by atoms with Crippen molar-refractivity contribution in [2.75, 3.05) is 13.2 Å². The van der Waals surface area contributed by atoms with Gasteiger partial charge in [0.2, 0.25) is 6.29 Å². The number of amides is 1. The third-order valence-corrected chi connectivity index (χ3v) is 6.28. The van der Waals surface area contributed by atoms with Gasteiger partial charge in [0.25, 0.3) is 5.91 Å². The highest BCUT2D eigenvalue weighted by Crippen LogP contribution is 2.37. The smallest absolute Gasteiger partial charge is 0.286 e. The Labute approximate surface area is 183 Å². The van der Waals surface area contributed by atoms with Crippen molar-refractivity contribution in [1.82, 2.24) is 15.3 Å². The number of nitrogens with zero attached hydrogens (tertiary/aromatic N) is 1. The highest BCUT2D eigenvalue weighted by Gasteiger charge is 2.32. The van der Waals surface area contributed by atoms with Crippen molar-refractivity contribution >= 4 is 16.9 Å². The van der Waals surface area contributed by atoms with E-state index in [-0.39, 0.29) is 12.5 Å². The van der Waals surface area contributed by atoms with Crippen molar-refractivity contribution in [2.45, 2.75) is 64.2 Å². The average molecular weight is 428 g/mol. The van der Waals surface area contributed by atoms with Gasteiger partial charge in [-0.15, -0.1) is 0 Å². The first-order valence-electron chi connectivity index (χ1n) is 11.6. The highest BCUT2D eigenvalue weighted by molar-refractivity contribution is 5.91. The first kappa shape index (κ1) is 21.8. The van der Waals surface area contributed by atoms with Gasteiger partial charge in [0.15, 0.2) is 5.76 Å². The zero-order valence-electron chi connectivity index (χ0n) is 18.0. The van der Waals surface area contributed by atoms with Gasteiger partial charge in [-0.25, -0.2) is 4.98 Å². The largest absolute Gasteiger partial charge is 0.459 e. The third kappa shape index (κ3) is 5.86. The van der Waals surface area contributed by atoms with E-state index in [1.165, 1.54) is 32.1 Å². The van der Waals surface area contributed by atoms with Gasteiger partial charge in [-0.2, -0.15) is 0 Å². The number of para-hydroxylation sites is 2. The Morgan fingerprint density at radius 2 is 2.06 bits per heavy atom. The maximum atomic E-state index is 12.9. The van der Waals surface area contributed by atoms with Crippen LogP contribution in [0.15, 0.2) is 36.1 Å². The Kier molecular flexibility index (Phi) is 7.59. The molecular weight excluding hydrogens is 394 g/mol. The summed E-state index contributed by atoms with van der Waals surface area (Å²) in [4.78, 5) is 20.6. The maximum Gasteiger partial charge on any atom is 0.286 e. The lowest BCUT2D eigenvalue weighted by Gasteiger charge is -2.35. The summed E-state index contributed by atoms with van der Waals surface area (Å²) in [5, 5.41) is 11.9. The van der Waals surface area contributed by atoms with Gasteiger partial charge >= 0.3 is 0 Å². The Morgan fingerprint density at radius 3 is 2.87 bits per heavy atom. The summed E-state index contributed by atoms with van der Waals surface area (Å²) in [7, 11) is 0. The quantitative estimate of drug-likeness (QED) is 0.529. The maximum absolute atomic E-state index is 12.9. The Bertz CT molecular complexity index is 855. The molecule has 0 unspecified atom stereocenters. The van der Waals surface area contributed by atoms with Crippen molar-refractivity contribution in [2.24, 2.45) is 11.8 Å². The molecule has 0 saturated heterocycles. The number of H-pyrrole nitrogens is 1. The number of allylic oxidation sites excluding steroid dienone is 1. The fourth-order valence-electron chi connectivity index (χ4n) is 4.60. The van der Waals surface area contributed by atoms with Crippen LogP contribution in [0.4, 0.5) is 0 Å². The van der Waals surface area contributed by atoms with Crippen LogP contribution >= 0.6 is 0 Å². The van der Waals surface area contributed by atoms with Gasteiger partial charge in [-0.1, -0.05) is 31.4 Å². The lowest BCUT2D eigenvalue weighted by atomic mass is 9.77. The van der Waals surface area contributed by atoms with Crippen LogP contribution in [0.3, 0.4) is 0 Å². The monoisotopic (exact) mass is 427 g/mol. The molecule has 2 aliphatic rings. The molecule has 1 aliphatic heterocycles. The molecule has 1 aliphatic carbocycles. The minimum atomic E-state index is -0.414. The van der Waals surface area contributed by atoms with E-state index in [0.717, 1.165) is 23.9 Å². The molecule has 3 N–H and O–H groups in total. The molecule has 1 saturated carbocycles. The molecule has 2 aromatic rings. The molecule has 0 spiro atoms. The van der Waals surface area contributed by atoms with E-state index in [4.69, 9.17) is 14.6 Å². The normalized spacial score (nSPS) is 22.2. The molecule has 1 fully saturated rings. The lowest BCUT2D eigenvalue weighted by Crippen LogP contribution is -2.35. The number of aliphatic hydroxyl groups is 1. The molecule has 4 rings (SSSR count). The van der Waals surface area contributed by atoms with E-state index in [1.54, 1.807) is 0 Å². The predicted octanol–water partition coefficient (Wildman–Crippen LogP) is 3.80. The second-order valence-corrected chi connectivity index (χ2v) is 8.56. The van der Waals surface area contributed by atoms with Crippen LogP contribution in [0.5, 0.6) is 0 Å². The molecule has 168 valence electrons. The number of benzene rings is 1. The molecular formula is C24H33N3O4. The van der Waals surface area contributed by atoms with Crippen molar-refractivity contribution in [3.05, 3.63) is 41.9 Å². The third-order valence-electron chi connectivity index (χ3n) is 6.28. The Morgan fingerprint density at radius 1 is 1.23 bits per heavy atom. The number of imidazole rings is 1. The van der Waals surface area contributed by atoms with E-state index >= 15 is 0 Å². The summed E-state index contributed by atoms with van der Waals surface area (Å²) in [5.41, 5.74) is 1.84. The fraction of sp³-hybridized carbons (Fsp3) is 0.583. The average Bonchev–Trinajstić information content (AvgIpc) is 3.24. The van der Waals surface area contributed by atoms with Crippen LogP contribution in [-0.4, -0.2) is 40.5 Å². The number of nitrogens with one attached hydrogen (secondary N) is 2. The molecule has 31 heavy (non-hydrogen) atoms. The number of rotatable bonds is 9. The van der Waals surface area contributed by atoms with Gasteiger partial charge in [-0.3, -0.25) is 4.79 Å². The van der Waals surface area contributed by atoms with E-state index < -0.39 is 6.29 Å². The fourth-order valence-corrected chi connectivity index (χ4v) is 4.60. The van der Waals surface area contributed by atoms with E-state index in [0.29, 0.717) is 43.0 Å². The number of aromatic amines is 1. The molecule has 1 amide bonds. The van der Waals surface area contributed by atoms with Crippen LogP contribution in [0.25, 0.3) is 11.0 Å². The first-order valence-corrected chi connectivity index (χ1v) is 11.6. The van der Waals surface area contributed by atoms with Crippen molar-refractivity contribution in [3.63, 3.8) is 0 Å². The number of aliphatic hydroxyl groups excluding tert-OH is 1. The minimum Gasteiger partial charge on any atom is -0.459 e. The molecule has 2 heterocycles. The van der Waals surface area contributed by atoms with E-state index in [2.05, 4.69) is 15.3 Å². The summed E-state index contributed by atoms with van der Waals surface area (Å²) in [6, 6.07) is 7.80. The Hall–Kier alpha value is -2.38. The summed E-state index contributed by atoms with van der Waals surface area (Å²) < 4.78 is 11.8. The molecule has 0 radical (unpaired) electrons. The standard InChI is InChI=1S/C24H33N3O4/c28-12-6-7-13-30-23-15-18(17-8-2-1-3-9-17)14-21(31-23)24(29)25-16-22-26-19-10-4-5-11-20(19)27-22/h4-5,10-11,14,17-18,23,28H,1-3,6-9,12-13,15-16H2,(H,25,29)(H,26,27)/t18-,23+/m0/s1. The van der Waals surface area contributed by atoms with E-state index in [1.807, 2.05) is 30.3 Å². The van der Waals surface area contributed by atoms with Crippen LogP contribution in [-0.2, 0) is 20.8 Å². The number of unbranched alkanes of at least 4 members (excludes halogenated alkanes) is 1. The number of carbonyl (C=O) groups excluding carboxylic acids is 1. The molecule has 7 heteroatoms. The van der Waals surface area contributed by atoms with Gasteiger partial charge < -0.3 is 24.9 Å². The summed E-state index contributed by atoms with van der Waals surface area (Å²) in [6.07, 6.45) is 10.1. The summed E-state index contributed by atoms with van der Waals surface area (Å²) in [6.45, 7) is 0.996. The van der Waals surface area contributed by atoms with Gasteiger partial charge in [0, 0.05) is 13.0 Å². The SMILES string of the molecule is O=C(NCc1nc2ccccc2[nH]1)C1=C[C@H](C2CCCCC2)C[C@H](OCCCCO)O1. The molecule has 2 atom stereocenters. The topological polar surface area (TPSA) is 96.5 Å². The number of fused-ring (bicyclic) bond motifs is 1. The summed E-state index contributed by atoms with van der Waals surface area (Å²) in [5.74, 6) is 1.71. The molecule has 0 bridgehead atoms. The minimum absolute atomic E-state index is 0.162. The van der Waals surface area contributed by atoms with Crippen LogP contribution < -0.4 is 5.32 Å². The van der Waals surface area contributed by atoms with Crippen molar-refractivity contribution < 1.29 is 19.4 Å². The zero-order chi connectivity index (χ0) is 21.5. The number of aromatic nitrogens is 2. The highest BCUT2D eigenvalue weighted by atomic mass is 16.7. The second-order valence-electron chi connectivity index (χ2n) is 8.56. The lowest BCUT2D eigenvalue weighted by molar-refractivity contribution is -0.151. The first-order chi connectivity index (χ1) is 15.2. The van der Waals surface area contributed by atoms with Gasteiger partial charge in [0.1, 0.15) is 5.82 Å². The van der Waals surface area contributed by atoms with Gasteiger partial charge in [-0.05, 0) is 55.7 Å². The Balaban J connectivity index is 1.39. The second kappa shape index (κ2) is 10.8. The van der Waals surface area contributed by atoms with Crippen LogP contribution in [0.1, 0.15) is 57.2 Å². The van der Waals surface area contributed by atoms with Gasteiger partial charge in [0.05, 0.1) is 24.2 Å². The molecule has 1 aromatic carbocycles. The molecule has 7 nitrogen and oxygen atoms in total. The van der Waals surface area contributed by atoms with Crippen LogP contribution in [0, 0.1) is 11.8 Å². The van der Waals surface area contributed by atoms with Crippen LogP contribution in [0.2, 0.25) is 0 Å². The number of carbonyl (C=O) groups is 1. The predicted molar refractivity (Wildman–Crippen MR) is 118 cm³/mol. The zero-order valence-corrected chi connectivity index (χ0v) is 18.0.